The molecule has 2 aromatic rings. The number of piperazine rings is 1. The Kier molecular flexibility index (Phi) is 5.43. The van der Waals surface area contributed by atoms with Gasteiger partial charge >= 0.3 is 0 Å². The number of carbonyl (C=O) groups excluding carboxylic acids is 1. The van der Waals surface area contributed by atoms with Crippen LogP contribution in [0.3, 0.4) is 0 Å². The summed E-state index contributed by atoms with van der Waals surface area (Å²) in [4.78, 5) is 28.5. The van der Waals surface area contributed by atoms with Crippen LogP contribution in [0.5, 0.6) is 0 Å². The third-order valence-electron chi connectivity index (χ3n) is 5.41. The van der Waals surface area contributed by atoms with E-state index < -0.39 is 0 Å². The van der Waals surface area contributed by atoms with E-state index in [1.165, 1.54) is 0 Å². The van der Waals surface area contributed by atoms with E-state index in [2.05, 4.69) is 25.8 Å². The molecule has 1 aromatic heterocycles. The van der Waals surface area contributed by atoms with Crippen molar-refractivity contribution < 1.29 is 9.53 Å². The van der Waals surface area contributed by atoms with E-state index in [0.717, 1.165) is 68.0 Å². The first-order valence-corrected chi connectivity index (χ1v) is 9.90. The molecule has 2 fully saturated rings. The molecule has 2 aliphatic rings. The number of ether oxygens (including phenoxy) is 1. The summed E-state index contributed by atoms with van der Waals surface area (Å²) in [5.41, 5.74) is 1.82. The molecular weight excluding hydrogens is 354 g/mol. The summed E-state index contributed by atoms with van der Waals surface area (Å²) in [5, 5.41) is 0. The molecule has 2 saturated heterocycles. The molecule has 0 saturated carbocycles. The highest BCUT2D eigenvalue weighted by molar-refractivity contribution is 5.95. The average Bonchev–Trinajstić information content (AvgIpc) is 2.74. The lowest BCUT2D eigenvalue weighted by molar-refractivity contribution is 0.0745. The fraction of sp³-hybridized carbons (Fsp3) is 0.476. The second-order valence-electron chi connectivity index (χ2n) is 7.33. The average molecular weight is 381 g/mol. The van der Waals surface area contributed by atoms with Crippen molar-refractivity contribution in [3.63, 3.8) is 0 Å². The quantitative estimate of drug-likeness (QED) is 0.809. The summed E-state index contributed by atoms with van der Waals surface area (Å²) in [6.45, 7) is 10.0. The van der Waals surface area contributed by atoms with Gasteiger partial charge in [-0.2, -0.15) is 0 Å². The van der Waals surface area contributed by atoms with Crippen LogP contribution in [-0.2, 0) is 4.74 Å². The van der Waals surface area contributed by atoms with Gasteiger partial charge in [-0.15, -0.1) is 0 Å². The Balaban J connectivity index is 1.44. The van der Waals surface area contributed by atoms with Crippen LogP contribution in [0.2, 0.25) is 0 Å². The Hall–Kier alpha value is -2.67. The Morgan fingerprint density at radius 1 is 0.893 bits per heavy atom. The molecule has 0 spiro atoms. The van der Waals surface area contributed by atoms with Crippen LogP contribution in [0, 0.1) is 13.8 Å². The van der Waals surface area contributed by atoms with Crippen LogP contribution in [0.25, 0.3) is 0 Å². The largest absolute Gasteiger partial charge is 0.378 e. The number of amides is 1. The molecule has 3 heterocycles. The van der Waals surface area contributed by atoms with E-state index in [4.69, 9.17) is 4.74 Å². The number of benzene rings is 1. The molecule has 2 aliphatic heterocycles. The van der Waals surface area contributed by atoms with E-state index in [9.17, 15) is 4.79 Å². The third-order valence-corrected chi connectivity index (χ3v) is 5.41. The van der Waals surface area contributed by atoms with E-state index in [1.807, 2.05) is 43.0 Å². The summed E-state index contributed by atoms with van der Waals surface area (Å²) in [6, 6.07) is 9.85. The van der Waals surface area contributed by atoms with Gasteiger partial charge in [0.2, 0.25) is 0 Å². The van der Waals surface area contributed by atoms with Gasteiger partial charge in [0.05, 0.1) is 13.2 Å². The molecule has 4 rings (SSSR count). The summed E-state index contributed by atoms with van der Waals surface area (Å²) in [5.74, 6) is 2.80. The van der Waals surface area contributed by atoms with Crippen LogP contribution >= 0.6 is 0 Å². The van der Waals surface area contributed by atoms with Crippen molar-refractivity contribution in [3.8, 4) is 0 Å². The lowest BCUT2D eigenvalue weighted by Crippen LogP contribution is -2.49. The number of nitrogens with zero attached hydrogens (tertiary/aromatic N) is 5. The molecule has 148 valence electrons. The number of hydrogen-bond donors (Lipinski definition) is 0. The van der Waals surface area contributed by atoms with Gasteiger partial charge in [0, 0.05) is 50.9 Å². The lowest BCUT2D eigenvalue weighted by atomic mass is 10.1. The minimum atomic E-state index is 0.116. The van der Waals surface area contributed by atoms with Crippen LogP contribution < -0.4 is 9.80 Å². The molecular formula is C21H27N5O2. The monoisotopic (exact) mass is 381 g/mol. The van der Waals surface area contributed by atoms with Gasteiger partial charge in [0.25, 0.3) is 5.91 Å². The standard InChI is InChI=1S/C21H27N5O2/c1-16-5-3-4-6-18(16)21(27)26-9-7-24(8-10-26)19-15-20(23-17(2)22-19)25-11-13-28-14-12-25/h3-6,15H,7-14H2,1-2H3. The predicted molar refractivity (Wildman–Crippen MR) is 109 cm³/mol. The zero-order valence-electron chi connectivity index (χ0n) is 16.6. The number of anilines is 2. The number of carbonyl (C=O) groups is 1. The molecule has 1 aromatic carbocycles. The molecule has 28 heavy (non-hydrogen) atoms. The van der Waals surface area contributed by atoms with E-state index in [0.29, 0.717) is 13.1 Å². The van der Waals surface area contributed by atoms with Crippen LogP contribution in [0.4, 0.5) is 11.6 Å². The number of aromatic nitrogens is 2. The molecule has 1 amide bonds. The topological polar surface area (TPSA) is 61.8 Å². The summed E-state index contributed by atoms with van der Waals surface area (Å²) < 4.78 is 5.44. The molecule has 0 aliphatic carbocycles. The van der Waals surface area contributed by atoms with Gasteiger partial charge in [-0.25, -0.2) is 9.97 Å². The number of rotatable bonds is 3. The van der Waals surface area contributed by atoms with Crippen molar-refractivity contribution in [2.24, 2.45) is 0 Å². The molecule has 0 atom stereocenters. The summed E-state index contributed by atoms with van der Waals surface area (Å²) >= 11 is 0. The fourth-order valence-corrected chi connectivity index (χ4v) is 3.77. The maximum Gasteiger partial charge on any atom is 0.254 e. The van der Waals surface area contributed by atoms with Gasteiger partial charge in [-0.1, -0.05) is 18.2 Å². The minimum Gasteiger partial charge on any atom is -0.378 e. The highest BCUT2D eigenvalue weighted by atomic mass is 16.5. The third kappa shape index (κ3) is 3.94. The SMILES string of the molecule is Cc1nc(N2CCOCC2)cc(N2CCN(C(=O)c3ccccc3C)CC2)n1. The number of aryl methyl sites for hydroxylation is 2. The Labute approximate surface area is 165 Å². The Morgan fingerprint density at radius 3 is 2.14 bits per heavy atom. The summed E-state index contributed by atoms with van der Waals surface area (Å²) in [7, 11) is 0. The maximum atomic E-state index is 12.8. The first-order chi connectivity index (χ1) is 13.6. The molecule has 0 radical (unpaired) electrons. The zero-order valence-corrected chi connectivity index (χ0v) is 16.6. The van der Waals surface area contributed by atoms with Crippen molar-refractivity contribution in [1.29, 1.82) is 0 Å². The molecule has 0 bridgehead atoms. The molecule has 0 N–H and O–H groups in total. The van der Waals surface area contributed by atoms with Crippen LogP contribution in [-0.4, -0.2) is 73.3 Å². The predicted octanol–water partition coefficient (Wildman–Crippen LogP) is 1.89. The lowest BCUT2D eigenvalue weighted by Gasteiger charge is -2.36. The smallest absolute Gasteiger partial charge is 0.254 e. The van der Waals surface area contributed by atoms with Crippen molar-refractivity contribution in [2.75, 3.05) is 62.3 Å². The van der Waals surface area contributed by atoms with Crippen molar-refractivity contribution >= 4 is 17.5 Å². The zero-order chi connectivity index (χ0) is 19.5. The van der Waals surface area contributed by atoms with Crippen molar-refractivity contribution in [3.05, 3.63) is 47.3 Å². The second-order valence-corrected chi connectivity index (χ2v) is 7.33. The van der Waals surface area contributed by atoms with Crippen LogP contribution in [0.1, 0.15) is 21.7 Å². The maximum absolute atomic E-state index is 12.8. The molecule has 7 heteroatoms. The van der Waals surface area contributed by atoms with Gasteiger partial charge in [0.1, 0.15) is 17.5 Å². The first-order valence-electron chi connectivity index (χ1n) is 9.90. The highest BCUT2D eigenvalue weighted by Gasteiger charge is 2.24. The van der Waals surface area contributed by atoms with Gasteiger partial charge in [-0.05, 0) is 25.5 Å². The van der Waals surface area contributed by atoms with Gasteiger partial charge in [0.15, 0.2) is 0 Å². The summed E-state index contributed by atoms with van der Waals surface area (Å²) in [6.07, 6.45) is 0. The van der Waals surface area contributed by atoms with E-state index in [1.54, 1.807) is 0 Å². The van der Waals surface area contributed by atoms with E-state index in [-0.39, 0.29) is 5.91 Å². The second kappa shape index (κ2) is 8.14. The normalized spacial score (nSPS) is 17.7. The van der Waals surface area contributed by atoms with Crippen molar-refractivity contribution in [2.45, 2.75) is 13.8 Å². The van der Waals surface area contributed by atoms with Crippen molar-refractivity contribution in [1.82, 2.24) is 14.9 Å². The first kappa shape index (κ1) is 18.7. The van der Waals surface area contributed by atoms with E-state index >= 15 is 0 Å². The molecule has 7 nitrogen and oxygen atoms in total. The molecule has 0 unspecified atom stereocenters. The highest BCUT2D eigenvalue weighted by Crippen LogP contribution is 2.22. The van der Waals surface area contributed by atoms with Crippen LogP contribution in [0.15, 0.2) is 30.3 Å². The minimum absolute atomic E-state index is 0.116. The van der Waals surface area contributed by atoms with Gasteiger partial charge < -0.3 is 19.4 Å². The fourth-order valence-electron chi connectivity index (χ4n) is 3.77. The number of morpholine rings is 1. The Bertz CT molecular complexity index is 842. The Morgan fingerprint density at radius 2 is 1.50 bits per heavy atom. The number of hydrogen-bond acceptors (Lipinski definition) is 6. The van der Waals surface area contributed by atoms with Gasteiger partial charge in [-0.3, -0.25) is 4.79 Å².